The second-order valence-corrected chi connectivity index (χ2v) is 6.32. The van der Waals surface area contributed by atoms with E-state index >= 15 is 0 Å². The molecule has 0 spiro atoms. The summed E-state index contributed by atoms with van der Waals surface area (Å²) in [6.45, 7) is 0. The van der Waals surface area contributed by atoms with Crippen LogP contribution >= 0.6 is 11.6 Å². The molecule has 0 N–H and O–H groups in total. The number of hydrogen-bond acceptors (Lipinski definition) is 3. The van der Waals surface area contributed by atoms with Gasteiger partial charge < -0.3 is 4.84 Å². The molecule has 0 saturated heterocycles. The summed E-state index contributed by atoms with van der Waals surface area (Å²) in [5, 5.41) is 3.93. The highest BCUT2D eigenvalue weighted by atomic mass is 35.5. The van der Waals surface area contributed by atoms with Crippen molar-refractivity contribution in [2.45, 2.75) is 31.3 Å². The highest BCUT2D eigenvalue weighted by molar-refractivity contribution is 6.31. The second-order valence-electron chi connectivity index (χ2n) is 5.91. The lowest BCUT2D eigenvalue weighted by atomic mass is 9.99. The molecule has 0 aliphatic carbocycles. The van der Waals surface area contributed by atoms with E-state index in [1.807, 2.05) is 0 Å². The van der Waals surface area contributed by atoms with Gasteiger partial charge in [-0.2, -0.15) is 26.3 Å². The number of halogens is 7. The summed E-state index contributed by atoms with van der Waals surface area (Å²) in [6, 6.07) is 5.17. The summed E-state index contributed by atoms with van der Waals surface area (Å²) in [7, 11) is 0. The minimum absolute atomic E-state index is 0.00351. The topological polar surface area (TPSA) is 34.5 Å². The van der Waals surface area contributed by atoms with Gasteiger partial charge in [-0.05, 0) is 41.5 Å². The predicted molar refractivity (Wildman–Crippen MR) is 85.3 cm³/mol. The van der Waals surface area contributed by atoms with Gasteiger partial charge in [0.05, 0.1) is 11.3 Å². The molecule has 10 heteroatoms. The Labute approximate surface area is 154 Å². The van der Waals surface area contributed by atoms with E-state index in [1.165, 1.54) is 6.07 Å². The van der Waals surface area contributed by atoms with Gasteiger partial charge in [0.15, 0.2) is 6.10 Å². The van der Waals surface area contributed by atoms with Crippen LogP contribution in [0.1, 0.15) is 34.9 Å². The van der Waals surface area contributed by atoms with Gasteiger partial charge in [0, 0.05) is 24.1 Å². The summed E-state index contributed by atoms with van der Waals surface area (Å²) in [6.07, 6.45) is -8.73. The Balaban J connectivity index is 1.74. The van der Waals surface area contributed by atoms with Gasteiger partial charge in [-0.1, -0.05) is 16.8 Å². The van der Waals surface area contributed by atoms with Crippen LogP contribution in [-0.4, -0.2) is 10.7 Å². The molecule has 1 atom stereocenters. The van der Waals surface area contributed by atoms with E-state index in [4.69, 9.17) is 16.4 Å². The van der Waals surface area contributed by atoms with Crippen molar-refractivity contribution >= 4 is 17.3 Å². The first kappa shape index (κ1) is 19.5. The van der Waals surface area contributed by atoms with Crippen LogP contribution in [0.3, 0.4) is 0 Å². The van der Waals surface area contributed by atoms with Gasteiger partial charge in [-0.25, -0.2) is 0 Å². The molecule has 1 aromatic heterocycles. The summed E-state index contributed by atoms with van der Waals surface area (Å²) < 4.78 is 76.8. The van der Waals surface area contributed by atoms with E-state index in [9.17, 15) is 26.3 Å². The monoisotopic (exact) mass is 408 g/mol. The predicted octanol–water partition coefficient (Wildman–Crippen LogP) is 5.83. The number of aromatic nitrogens is 1. The van der Waals surface area contributed by atoms with Crippen molar-refractivity contribution < 1.29 is 31.2 Å². The lowest BCUT2D eigenvalue weighted by molar-refractivity contribution is -0.141. The van der Waals surface area contributed by atoms with Gasteiger partial charge in [0.2, 0.25) is 0 Å². The summed E-state index contributed by atoms with van der Waals surface area (Å²) in [4.78, 5) is 8.43. The van der Waals surface area contributed by atoms with Crippen molar-refractivity contribution in [1.82, 2.24) is 4.98 Å². The van der Waals surface area contributed by atoms with Crippen LogP contribution in [0.25, 0.3) is 0 Å². The normalized spacial score (nSPS) is 17.6. The average molecular weight is 409 g/mol. The fourth-order valence-corrected chi connectivity index (χ4v) is 2.80. The van der Waals surface area contributed by atoms with Crippen LogP contribution < -0.4 is 0 Å². The molecule has 1 unspecified atom stereocenters. The zero-order chi connectivity index (χ0) is 19.8. The summed E-state index contributed by atoms with van der Waals surface area (Å²) in [5.74, 6) is 0. The molecule has 1 aliphatic heterocycles. The second kappa shape index (κ2) is 7.03. The third-order valence-electron chi connectivity index (χ3n) is 3.94. The van der Waals surface area contributed by atoms with E-state index in [0.717, 1.165) is 30.5 Å². The van der Waals surface area contributed by atoms with Gasteiger partial charge in [0.1, 0.15) is 5.69 Å². The SMILES string of the molecule is FC(F)(F)c1ccc(Cl)c(CC2=NOC(c3ccnc(C(F)(F)F)c3)C2)c1. The number of oxime groups is 1. The first-order valence-electron chi connectivity index (χ1n) is 7.64. The van der Waals surface area contributed by atoms with Crippen LogP contribution in [0.5, 0.6) is 0 Å². The highest BCUT2D eigenvalue weighted by Gasteiger charge is 2.34. The molecule has 0 amide bonds. The number of rotatable bonds is 3. The van der Waals surface area contributed by atoms with Crippen molar-refractivity contribution in [1.29, 1.82) is 0 Å². The Kier molecular flexibility index (Phi) is 5.07. The molecular formula is C17H11ClF6N2O. The minimum Gasteiger partial charge on any atom is -0.387 e. The number of benzene rings is 1. The Morgan fingerprint density at radius 1 is 1.04 bits per heavy atom. The Morgan fingerprint density at radius 2 is 1.78 bits per heavy atom. The molecule has 2 heterocycles. The first-order valence-corrected chi connectivity index (χ1v) is 8.02. The maximum absolute atomic E-state index is 12.8. The Morgan fingerprint density at radius 3 is 2.44 bits per heavy atom. The third-order valence-corrected chi connectivity index (χ3v) is 4.31. The highest BCUT2D eigenvalue weighted by Crippen LogP contribution is 2.35. The molecule has 144 valence electrons. The maximum atomic E-state index is 12.8. The summed E-state index contributed by atoms with van der Waals surface area (Å²) in [5.41, 5.74) is -1.09. The lowest BCUT2D eigenvalue weighted by Gasteiger charge is -2.12. The largest absolute Gasteiger partial charge is 0.433 e. The van der Waals surface area contributed by atoms with Crippen molar-refractivity contribution in [3.63, 3.8) is 0 Å². The molecule has 0 radical (unpaired) electrons. The Hall–Kier alpha value is -2.29. The van der Waals surface area contributed by atoms with Crippen LogP contribution in [-0.2, 0) is 23.6 Å². The van der Waals surface area contributed by atoms with Crippen molar-refractivity contribution in [3.8, 4) is 0 Å². The van der Waals surface area contributed by atoms with E-state index in [2.05, 4.69) is 10.1 Å². The van der Waals surface area contributed by atoms with Crippen molar-refractivity contribution in [2.24, 2.45) is 5.16 Å². The number of alkyl halides is 6. The van der Waals surface area contributed by atoms with Crippen molar-refractivity contribution in [2.75, 3.05) is 0 Å². The van der Waals surface area contributed by atoms with E-state index < -0.39 is 29.7 Å². The zero-order valence-corrected chi connectivity index (χ0v) is 14.2. The number of nitrogens with zero attached hydrogens (tertiary/aromatic N) is 2. The minimum atomic E-state index is -4.59. The molecule has 27 heavy (non-hydrogen) atoms. The average Bonchev–Trinajstić information content (AvgIpc) is 3.04. The fraction of sp³-hybridized carbons (Fsp3) is 0.294. The standard InChI is InChI=1S/C17H11ClF6N2O/c18-13-2-1-11(16(19,20)21)5-10(13)6-12-8-14(27-26-12)9-3-4-25-15(7-9)17(22,23)24/h1-5,7,14H,6,8H2. The molecular weight excluding hydrogens is 398 g/mol. The van der Waals surface area contributed by atoms with E-state index in [0.29, 0.717) is 5.71 Å². The smallest absolute Gasteiger partial charge is 0.387 e. The number of hydrogen-bond donors (Lipinski definition) is 0. The Bertz CT molecular complexity index is 878. The van der Waals surface area contributed by atoms with Gasteiger partial charge in [-0.3, -0.25) is 4.98 Å². The fourth-order valence-electron chi connectivity index (χ4n) is 2.62. The zero-order valence-electron chi connectivity index (χ0n) is 13.4. The summed E-state index contributed by atoms with van der Waals surface area (Å²) >= 11 is 5.95. The first-order chi connectivity index (χ1) is 12.5. The molecule has 3 nitrogen and oxygen atoms in total. The van der Waals surface area contributed by atoms with E-state index in [-0.39, 0.29) is 29.0 Å². The molecule has 2 aromatic rings. The molecule has 0 saturated carbocycles. The maximum Gasteiger partial charge on any atom is 0.433 e. The molecule has 3 rings (SSSR count). The quantitative estimate of drug-likeness (QED) is 0.599. The van der Waals surface area contributed by atoms with Crippen LogP contribution in [0, 0.1) is 0 Å². The third kappa shape index (κ3) is 4.52. The van der Waals surface area contributed by atoms with Gasteiger partial charge in [0.25, 0.3) is 0 Å². The lowest BCUT2D eigenvalue weighted by Crippen LogP contribution is -2.10. The van der Waals surface area contributed by atoms with E-state index in [1.54, 1.807) is 0 Å². The van der Waals surface area contributed by atoms with Gasteiger partial charge >= 0.3 is 12.4 Å². The van der Waals surface area contributed by atoms with Crippen LogP contribution in [0.15, 0.2) is 41.7 Å². The van der Waals surface area contributed by atoms with Gasteiger partial charge in [-0.15, -0.1) is 0 Å². The van der Waals surface area contributed by atoms with Crippen molar-refractivity contribution in [3.05, 3.63) is 63.9 Å². The molecule has 1 aromatic carbocycles. The van der Waals surface area contributed by atoms with Crippen LogP contribution in [0.2, 0.25) is 5.02 Å². The number of pyridine rings is 1. The molecule has 0 bridgehead atoms. The molecule has 0 fully saturated rings. The molecule has 1 aliphatic rings. The van der Waals surface area contributed by atoms with Crippen LogP contribution in [0.4, 0.5) is 26.3 Å².